The molecular formula is C20H28FN3O2. The summed E-state index contributed by atoms with van der Waals surface area (Å²) in [7, 11) is 0. The third kappa shape index (κ3) is 3.90. The van der Waals surface area contributed by atoms with Crippen molar-refractivity contribution in [3.05, 3.63) is 35.6 Å². The molecule has 2 aliphatic rings. The molecule has 2 fully saturated rings. The number of nitrogens with one attached hydrogen (secondary N) is 1. The molecule has 142 valence electrons. The molecule has 5 nitrogen and oxygen atoms in total. The highest BCUT2D eigenvalue weighted by atomic mass is 19.1. The number of amides is 2. The molecule has 0 atom stereocenters. The molecule has 3 rings (SSSR count). The van der Waals surface area contributed by atoms with Gasteiger partial charge in [0.05, 0.1) is 12.0 Å². The molecular weight excluding hydrogens is 333 g/mol. The van der Waals surface area contributed by atoms with E-state index in [0.717, 1.165) is 31.2 Å². The Kier molecular flexibility index (Phi) is 5.91. The first-order valence-electron chi connectivity index (χ1n) is 9.59. The van der Waals surface area contributed by atoms with Crippen LogP contribution in [0, 0.1) is 5.82 Å². The number of halogens is 1. The van der Waals surface area contributed by atoms with E-state index < -0.39 is 5.41 Å². The fraction of sp³-hybridized carbons (Fsp3) is 0.600. The van der Waals surface area contributed by atoms with Gasteiger partial charge in [-0.2, -0.15) is 0 Å². The van der Waals surface area contributed by atoms with Gasteiger partial charge in [0.25, 0.3) is 0 Å². The maximum atomic E-state index is 13.2. The lowest BCUT2D eigenvalue weighted by Gasteiger charge is -2.46. The number of rotatable bonds is 6. The first-order chi connectivity index (χ1) is 12.5. The quantitative estimate of drug-likeness (QED) is 0.842. The number of piperazine rings is 1. The van der Waals surface area contributed by atoms with E-state index in [4.69, 9.17) is 0 Å². The molecule has 1 N–H and O–H groups in total. The Labute approximate surface area is 154 Å². The van der Waals surface area contributed by atoms with Gasteiger partial charge in [-0.3, -0.25) is 14.5 Å². The normalized spacial score (nSPS) is 19.7. The van der Waals surface area contributed by atoms with Gasteiger partial charge < -0.3 is 10.2 Å². The van der Waals surface area contributed by atoms with Gasteiger partial charge in [0, 0.05) is 32.7 Å². The van der Waals surface area contributed by atoms with E-state index in [-0.39, 0.29) is 17.6 Å². The molecule has 0 unspecified atom stereocenters. The fourth-order valence-corrected chi connectivity index (χ4v) is 3.86. The van der Waals surface area contributed by atoms with Crippen molar-refractivity contribution in [3.63, 3.8) is 0 Å². The molecule has 1 aliphatic carbocycles. The van der Waals surface area contributed by atoms with Gasteiger partial charge in [-0.25, -0.2) is 4.39 Å². The molecule has 0 bridgehead atoms. The third-order valence-corrected chi connectivity index (χ3v) is 5.61. The highest BCUT2D eigenvalue weighted by molar-refractivity contribution is 5.89. The van der Waals surface area contributed by atoms with Crippen molar-refractivity contribution >= 4 is 11.8 Å². The summed E-state index contributed by atoms with van der Waals surface area (Å²) < 4.78 is 13.2. The predicted molar refractivity (Wildman–Crippen MR) is 98.2 cm³/mol. The van der Waals surface area contributed by atoms with Gasteiger partial charge in [-0.1, -0.05) is 25.5 Å². The second-order valence-corrected chi connectivity index (χ2v) is 7.36. The molecule has 1 aromatic rings. The smallest absolute Gasteiger partial charge is 0.234 e. The molecule has 0 spiro atoms. The van der Waals surface area contributed by atoms with Crippen LogP contribution < -0.4 is 5.32 Å². The zero-order valence-corrected chi connectivity index (χ0v) is 15.5. The highest BCUT2D eigenvalue weighted by Crippen LogP contribution is 2.45. The van der Waals surface area contributed by atoms with Crippen molar-refractivity contribution in [2.24, 2.45) is 0 Å². The van der Waals surface area contributed by atoms with Crippen LogP contribution in [0.1, 0.15) is 38.2 Å². The minimum Gasteiger partial charge on any atom is -0.355 e. The summed E-state index contributed by atoms with van der Waals surface area (Å²) in [6.07, 6.45) is 3.62. The van der Waals surface area contributed by atoms with Gasteiger partial charge in [-0.05, 0) is 37.0 Å². The Morgan fingerprint density at radius 3 is 2.31 bits per heavy atom. The molecule has 0 radical (unpaired) electrons. The standard InChI is InChI=1S/C20H28FN3O2/c1-2-10-22-18(25)15-23-11-13-24(14-12-23)19(26)20(8-3-9-20)16-4-6-17(21)7-5-16/h4-7H,2-3,8-15H2,1H3,(H,22,25). The van der Waals surface area contributed by atoms with E-state index in [1.165, 1.54) is 12.1 Å². The van der Waals surface area contributed by atoms with Crippen LogP contribution in [0.3, 0.4) is 0 Å². The molecule has 1 aromatic carbocycles. The Morgan fingerprint density at radius 1 is 1.12 bits per heavy atom. The summed E-state index contributed by atoms with van der Waals surface area (Å²) in [5.41, 5.74) is 0.450. The van der Waals surface area contributed by atoms with Crippen molar-refractivity contribution in [2.45, 2.75) is 38.0 Å². The van der Waals surface area contributed by atoms with Gasteiger partial charge in [0.1, 0.15) is 5.82 Å². The van der Waals surface area contributed by atoms with Gasteiger partial charge in [0.15, 0.2) is 0 Å². The van der Waals surface area contributed by atoms with E-state index >= 15 is 0 Å². The molecule has 2 amide bonds. The van der Waals surface area contributed by atoms with Crippen molar-refractivity contribution < 1.29 is 14.0 Å². The largest absolute Gasteiger partial charge is 0.355 e. The summed E-state index contributed by atoms with van der Waals surface area (Å²) in [4.78, 5) is 29.1. The highest BCUT2D eigenvalue weighted by Gasteiger charge is 2.47. The van der Waals surface area contributed by atoms with Crippen LogP contribution in [0.2, 0.25) is 0 Å². The van der Waals surface area contributed by atoms with E-state index in [1.807, 2.05) is 11.8 Å². The SMILES string of the molecule is CCCNC(=O)CN1CCN(C(=O)C2(c3ccc(F)cc3)CCC2)CC1. The monoisotopic (exact) mass is 361 g/mol. The summed E-state index contributed by atoms with van der Waals surface area (Å²) in [5.74, 6) is -0.0653. The fourth-order valence-electron chi connectivity index (χ4n) is 3.86. The average Bonchev–Trinajstić information content (AvgIpc) is 2.61. The molecule has 1 saturated carbocycles. The van der Waals surface area contributed by atoms with Crippen LogP contribution in [0.25, 0.3) is 0 Å². The van der Waals surface area contributed by atoms with Crippen molar-refractivity contribution in [3.8, 4) is 0 Å². The van der Waals surface area contributed by atoms with E-state index in [2.05, 4.69) is 10.2 Å². The van der Waals surface area contributed by atoms with Crippen molar-refractivity contribution in [2.75, 3.05) is 39.3 Å². The minimum atomic E-state index is -0.478. The lowest BCUT2D eigenvalue weighted by molar-refractivity contribution is -0.142. The first-order valence-corrected chi connectivity index (χ1v) is 9.59. The Bertz CT molecular complexity index is 635. The van der Waals surface area contributed by atoms with Crippen LogP contribution >= 0.6 is 0 Å². The lowest BCUT2D eigenvalue weighted by Crippen LogP contribution is -2.57. The lowest BCUT2D eigenvalue weighted by atomic mass is 9.63. The van der Waals surface area contributed by atoms with Crippen LogP contribution in [0.4, 0.5) is 4.39 Å². The molecule has 1 saturated heterocycles. The number of benzene rings is 1. The van der Waals surface area contributed by atoms with Crippen LogP contribution in [0.5, 0.6) is 0 Å². The number of nitrogens with zero attached hydrogens (tertiary/aromatic N) is 2. The van der Waals surface area contributed by atoms with Crippen molar-refractivity contribution in [1.82, 2.24) is 15.1 Å². The summed E-state index contributed by atoms with van der Waals surface area (Å²) >= 11 is 0. The maximum Gasteiger partial charge on any atom is 0.234 e. The van der Waals surface area contributed by atoms with Crippen molar-refractivity contribution in [1.29, 1.82) is 0 Å². The van der Waals surface area contributed by atoms with Gasteiger partial charge in [0.2, 0.25) is 11.8 Å². The number of hydrogen-bond acceptors (Lipinski definition) is 3. The first kappa shape index (κ1) is 18.8. The van der Waals surface area contributed by atoms with Crippen LogP contribution in [-0.4, -0.2) is 60.9 Å². The van der Waals surface area contributed by atoms with Gasteiger partial charge >= 0.3 is 0 Å². The van der Waals surface area contributed by atoms with Crippen LogP contribution in [-0.2, 0) is 15.0 Å². The number of carbonyl (C=O) groups excluding carboxylic acids is 2. The van der Waals surface area contributed by atoms with Crippen LogP contribution in [0.15, 0.2) is 24.3 Å². The Hall–Kier alpha value is -1.95. The second kappa shape index (κ2) is 8.16. The minimum absolute atomic E-state index is 0.0494. The van der Waals surface area contributed by atoms with E-state index in [1.54, 1.807) is 12.1 Å². The summed E-state index contributed by atoms with van der Waals surface area (Å²) in [5, 5.41) is 2.89. The third-order valence-electron chi connectivity index (χ3n) is 5.61. The zero-order chi connectivity index (χ0) is 18.6. The average molecular weight is 361 g/mol. The predicted octanol–water partition coefficient (Wildman–Crippen LogP) is 1.92. The molecule has 0 aromatic heterocycles. The van der Waals surface area contributed by atoms with E-state index in [0.29, 0.717) is 39.3 Å². The molecule has 1 heterocycles. The summed E-state index contributed by atoms with van der Waals surface area (Å²) in [6.45, 7) is 5.84. The Morgan fingerprint density at radius 2 is 1.77 bits per heavy atom. The molecule has 1 aliphatic heterocycles. The topological polar surface area (TPSA) is 52.7 Å². The zero-order valence-electron chi connectivity index (χ0n) is 15.5. The number of hydrogen-bond donors (Lipinski definition) is 1. The summed E-state index contributed by atoms with van der Waals surface area (Å²) in [6, 6.07) is 6.38. The molecule has 6 heteroatoms. The van der Waals surface area contributed by atoms with E-state index in [9.17, 15) is 14.0 Å². The van der Waals surface area contributed by atoms with Gasteiger partial charge in [-0.15, -0.1) is 0 Å². The maximum absolute atomic E-state index is 13.2. The second-order valence-electron chi connectivity index (χ2n) is 7.36. The molecule has 26 heavy (non-hydrogen) atoms. The number of carbonyl (C=O) groups is 2. The Balaban J connectivity index is 1.57.